The molecule has 0 aliphatic heterocycles. The van der Waals surface area contributed by atoms with Crippen LogP contribution in [0.2, 0.25) is 0 Å². The Labute approximate surface area is 247 Å². The minimum atomic E-state index is -3.99. The number of ether oxygens (including phenoxy) is 1. The highest BCUT2D eigenvalue weighted by atomic mass is 19.3. The standard InChI is InChI=1S/C34H32F6N2O/c1-2-3-4-5-21-6-8-22(9-7-21)25-19-41-33(42-20-25)24-12-15-28(29(35)16-24)23-10-13-26(14-11-23)34(39,40)43-27-17-30(36)32(38)31(37)18-27/h10-22H,2-9H2,1H3. The molecule has 3 aromatic carbocycles. The summed E-state index contributed by atoms with van der Waals surface area (Å²) < 4.78 is 88.8. The maximum absolute atomic E-state index is 15.1. The van der Waals surface area contributed by atoms with Crippen LogP contribution >= 0.6 is 0 Å². The lowest BCUT2D eigenvalue weighted by molar-refractivity contribution is -0.185. The number of halogens is 6. The van der Waals surface area contributed by atoms with Gasteiger partial charge in [-0.1, -0.05) is 56.9 Å². The molecule has 3 nitrogen and oxygen atoms in total. The van der Waals surface area contributed by atoms with Crippen molar-refractivity contribution in [2.45, 2.75) is 70.3 Å². The van der Waals surface area contributed by atoms with Crippen LogP contribution in [0.25, 0.3) is 22.5 Å². The molecule has 43 heavy (non-hydrogen) atoms. The molecule has 0 N–H and O–H groups in total. The van der Waals surface area contributed by atoms with Gasteiger partial charge in [0.1, 0.15) is 11.6 Å². The van der Waals surface area contributed by atoms with E-state index in [1.807, 2.05) is 12.4 Å². The quantitative estimate of drug-likeness (QED) is 0.104. The van der Waals surface area contributed by atoms with Crippen molar-refractivity contribution in [2.24, 2.45) is 5.92 Å². The van der Waals surface area contributed by atoms with Crippen LogP contribution in [0.5, 0.6) is 5.75 Å². The molecule has 0 unspecified atom stereocenters. The Bertz CT molecular complexity index is 1510. The third kappa shape index (κ3) is 7.20. The Morgan fingerprint density at radius 2 is 1.40 bits per heavy atom. The minimum absolute atomic E-state index is 0.175. The molecule has 0 radical (unpaired) electrons. The molecule has 0 amide bonds. The molecule has 226 valence electrons. The van der Waals surface area contributed by atoms with E-state index in [-0.39, 0.29) is 5.56 Å². The number of rotatable bonds is 10. The minimum Gasteiger partial charge on any atom is -0.429 e. The van der Waals surface area contributed by atoms with Gasteiger partial charge in [0.05, 0.1) is 5.56 Å². The molecule has 0 spiro atoms. The molecule has 1 aliphatic carbocycles. The van der Waals surface area contributed by atoms with Crippen LogP contribution in [0.3, 0.4) is 0 Å². The molecule has 1 heterocycles. The second kappa shape index (κ2) is 13.2. The molecule has 1 fully saturated rings. The van der Waals surface area contributed by atoms with E-state index in [1.54, 1.807) is 6.07 Å². The highest BCUT2D eigenvalue weighted by molar-refractivity contribution is 5.68. The lowest BCUT2D eigenvalue weighted by Crippen LogP contribution is -2.22. The Morgan fingerprint density at radius 1 is 0.767 bits per heavy atom. The molecular weight excluding hydrogens is 566 g/mol. The molecular formula is C34H32F6N2O. The normalized spacial score (nSPS) is 17.2. The van der Waals surface area contributed by atoms with Gasteiger partial charge in [-0.15, -0.1) is 0 Å². The Balaban J connectivity index is 1.23. The average molecular weight is 599 g/mol. The van der Waals surface area contributed by atoms with Gasteiger partial charge in [-0.2, -0.15) is 8.78 Å². The van der Waals surface area contributed by atoms with E-state index in [0.29, 0.717) is 35.0 Å². The summed E-state index contributed by atoms with van der Waals surface area (Å²) in [7, 11) is 0. The molecule has 0 bridgehead atoms. The fraction of sp³-hybridized carbons (Fsp3) is 0.353. The van der Waals surface area contributed by atoms with Crippen molar-refractivity contribution in [1.29, 1.82) is 0 Å². The SMILES string of the molecule is CCCCCC1CCC(c2cnc(-c3ccc(-c4ccc(C(F)(F)Oc5cc(F)c(F)c(F)c5)cc4)c(F)c3)nc2)CC1. The summed E-state index contributed by atoms with van der Waals surface area (Å²) in [6, 6.07) is 9.73. The summed E-state index contributed by atoms with van der Waals surface area (Å²) in [5.41, 5.74) is 1.45. The number of unbranched alkanes of at least 4 members (excludes halogenated alkanes) is 2. The van der Waals surface area contributed by atoms with Crippen LogP contribution in [-0.2, 0) is 6.11 Å². The fourth-order valence-electron chi connectivity index (χ4n) is 5.70. The van der Waals surface area contributed by atoms with E-state index in [2.05, 4.69) is 21.6 Å². The number of benzene rings is 3. The maximum Gasteiger partial charge on any atom is 0.426 e. The zero-order valence-corrected chi connectivity index (χ0v) is 23.7. The largest absolute Gasteiger partial charge is 0.429 e. The topological polar surface area (TPSA) is 35.0 Å². The first-order chi connectivity index (χ1) is 20.6. The molecule has 5 rings (SSSR count). The monoisotopic (exact) mass is 598 g/mol. The Hall–Kier alpha value is -3.88. The predicted octanol–water partition coefficient (Wildman–Crippen LogP) is 10.3. The third-order valence-corrected chi connectivity index (χ3v) is 8.17. The van der Waals surface area contributed by atoms with Crippen molar-refractivity contribution < 1.29 is 31.1 Å². The van der Waals surface area contributed by atoms with Crippen LogP contribution in [0.1, 0.15) is 75.3 Å². The van der Waals surface area contributed by atoms with Gasteiger partial charge in [0.15, 0.2) is 23.3 Å². The van der Waals surface area contributed by atoms with E-state index >= 15 is 4.39 Å². The first-order valence-electron chi connectivity index (χ1n) is 14.6. The molecule has 0 saturated heterocycles. The maximum atomic E-state index is 15.1. The highest BCUT2D eigenvalue weighted by Gasteiger charge is 2.35. The first-order valence-corrected chi connectivity index (χ1v) is 14.6. The van der Waals surface area contributed by atoms with E-state index in [1.165, 1.54) is 62.8 Å². The van der Waals surface area contributed by atoms with Crippen LogP contribution < -0.4 is 4.74 Å². The van der Waals surface area contributed by atoms with Crippen molar-refractivity contribution >= 4 is 0 Å². The number of nitrogens with zero attached hydrogens (tertiary/aromatic N) is 2. The molecule has 4 aromatic rings. The van der Waals surface area contributed by atoms with Crippen molar-refractivity contribution in [2.75, 3.05) is 0 Å². The third-order valence-electron chi connectivity index (χ3n) is 8.17. The molecule has 1 aliphatic rings. The van der Waals surface area contributed by atoms with E-state index < -0.39 is 40.7 Å². The summed E-state index contributed by atoms with van der Waals surface area (Å²) in [6.45, 7) is 2.23. The van der Waals surface area contributed by atoms with Crippen LogP contribution in [0.4, 0.5) is 26.3 Å². The highest BCUT2D eigenvalue weighted by Crippen LogP contribution is 2.38. The van der Waals surface area contributed by atoms with Gasteiger partial charge < -0.3 is 4.74 Å². The van der Waals surface area contributed by atoms with Crippen molar-refractivity contribution in [3.05, 3.63) is 101 Å². The van der Waals surface area contributed by atoms with Crippen molar-refractivity contribution in [3.8, 4) is 28.3 Å². The van der Waals surface area contributed by atoms with E-state index in [9.17, 15) is 22.0 Å². The van der Waals surface area contributed by atoms with Crippen molar-refractivity contribution in [1.82, 2.24) is 9.97 Å². The van der Waals surface area contributed by atoms with Gasteiger partial charge in [-0.05, 0) is 66.8 Å². The van der Waals surface area contributed by atoms with Gasteiger partial charge in [0, 0.05) is 35.7 Å². The Kier molecular flexibility index (Phi) is 9.37. The zero-order chi connectivity index (χ0) is 30.6. The predicted molar refractivity (Wildman–Crippen MR) is 153 cm³/mol. The smallest absolute Gasteiger partial charge is 0.426 e. The van der Waals surface area contributed by atoms with E-state index in [0.717, 1.165) is 36.5 Å². The lowest BCUT2D eigenvalue weighted by Gasteiger charge is -2.28. The first kappa shape index (κ1) is 30.6. The van der Waals surface area contributed by atoms with Crippen LogP contribution in [-0.4, -0.2) is 9.97 Å². The van der Waals surface area contributed by atoms with Gasteiger partial charge in [0.2, 0.25) is 0 Å². The van der Waals surface area contributed by atoms with Gasteiger partial charge >= 0.3 is 6.11 Å². The molecule has 1 saturated carbocycles. The number of aromatic nitrogens is 2. The van der Waals surface area contributed by atoms with Crippen molar-refractivity contribution in [3.63, 3.8) is 0 Å². The van der Waals surface area contributed by atoms with Gasteiger partial charge in [-0.25, -0.2) is 27.5 Å². The lowest BCUT2D eigenvalue weighted by atomic mass is 9.77. The molecule has 1 aromatic heterocycles. The fourth-order valence-corrected chi connectivity index (χ4v) is 5.70. The number of alkyl halides is 2. The number of hydrogen-bond acceptors (Lipinski definition) is 3. The summed E-state index contributed by atoms with van der Waals surface area (Å²) >= 11 is 0. The summed E-state index contributed by atoms with van der Waals surface area (Å²) in [5.74, 6) is -4.93. The summed E-state index contributed by atoms with van der Waals surface area (Å²) in [6.07, 6.45) is 9.52. The molecule has 0 atom stereocenters. The summed E-state index contributed by atoms with van der Waals surface area (Å²) in [4.78, 5) is 8.99. The van der Waals surface area contributed by atoms with Crippen LogP contribution in [0, 0.1) is 29.2 Å². The molecule has 9 heteroatoms. The summed E-state index contributed by atoms with van der Waals surface area (Å²) in [5, 5.41) is 0. The second-order valence-corrected chi connectivity index (χ2v) is 11.1. The van der Waals surface area contributed by atoms with E-state index in [4.69, 9.17) is 0 Å². The second-order valence-electron chi connectivity index (χ2n) is 11.1. The van der Waals surface area contributed by atoms with Crippen LogP contribution in [0.15, 0.2) is 67.0 Å². The number of hydrogen-bond donors (Lipinski definition) is 0. The average Bonchev–Trinajstić information content (AvgIpc) is 3.00. The zero-order valence-electron chi connectivity index (χ0n) is 23.7. The van der Waals surface area contributed by atoms with Gasteiger partial charge in [-0.3, -0.25) is 0 Å². The van der Waals surface area contributed by atoms with Gasteiger partial charge in [0.25, 0.3) is 0 Å². The Morgan fingerprint density at radius 3 is 2.00 bits per heavy atom.